The number of para-hydroxylation sites is 1. The van der Waals surface area contributed by atoms with Crippen LogP contribution in [-0.2, 0) is 6.54 Å². The highest BCUT2D eigenvalue weighted by atomic mass is 16.5. The van der Waals surface area contributed by atoms with E-state index in [9.17, 15) is 5.11 Å². The third-order valence-corrected chi connectivity index (χ3v) is 3.65. The Kier molecular flexibility index (Phi) is 6.25. The quantitative estimate of drug-likeness (QED) is 0.783. The maximum atomic E-state index is 9.25. The lowest BCUT2D eigenvalue weighted by Gasteiger charge is -2.17. The molecule has 0 spiro atoms. The van der Waals surface area contributed by atoms with E-state index in [0.717, 1.165) is 30.8 Å². The average molecular weight is 285 g/mol. The summed E-state index contributed by atoms with van der Waals surface area (Å²) in [6.45, 7) is 1.80. The summed E-state index contributed by atoms with van der Waals surface area (Å²) in [5, 5.41) is 12.7. The van der Waals surface area contributed by atoms with Crippen LogP contribution in [0, 0.1) is 0 Å². The molecule has 112 valence electrons. The number of aliphatic hydroxyl groups excluding tert-OH is 1. The number of aliphatic hydroxyl groups is 1. The van der Waals surface area contributed by atoms with Gasteiger partial charge in [-0.3, -0.25) is 0 Å². The minimum absolute atomic E-state index is 0.204. The van der Waals surface area contributed by atoms with E-state index in [1.54, 1.807) is 7.11 Å². The van der Waals surface area contributed by atoms with Crippen molar-refractivity contribution in [1.82, 2.24) is 5.32 Å². The van der Waals surface area contributed by atoms with Crippen molar-refractivity contribution in [3.05, 3.63) is 65.7 Å². The molecule has 0 bridgehead atoms. The molecule has 1 unspecified atom stereocenters. The zero-order valence-electron chi connectivity index (χ0n) is 12.5. The summed E-state index contributed by atoms with van der Waals surface area (Å²) in [6, 6.07) is 18.4. The van der Waals surface area contributed by atoms with Crippen LogP contribution in [0.4, 0.5) is 0 Å². The highest BCUT2D eigenvalue weighted by Crippen LogP contribution is 2.20. The van der Waals surface area contributed by atoms with Gasteiger partial charge >= 0.3 is 0 Å². The first-order valence-electron chi connectivity index (χ1n) is 7.33. The highest BCUT2D eigenvalue weighted by Gasteiger charge is 2.10. The minimum atomic E-state index is 0.204. The van der Waals surface area contributed by atoms with Crippen molar-refractivity contribution >= 4 is 0 Å². The monoisotopic (exact) mass is 285 g/mol. The second-order valence-electron chi connectivity index (χ2n) is 5.06. The lowest BCUT2D eigenvalue weighted by atomic mass is 9.96. The van der Waals surface area contributed by atoms with Crippen molar-refractivity contribution in [2.75, 3.05) is 20.3 Å². The molecule has 0 aromatic heterocycles. The first-order valence-corrected chi connectivity index (χ1v) is 7.33. The number of benzene rings is 2. The topological polar surface area (TPSA) is 41.5 Å². The van der Waals surface area contributed by atoms with Crippen molar-refractivity contribution in [3.8, 4) is 5.75 Å². The molecule has 21 heavy (non-hydrogen) atoms. The fraction of sp³-hybridized carbons (Fsp3) is 0.333. The normalized spacial score (nSPS) is 12.1. The van der Waals surface area contributed by atoms with E-state index < -0.39 is 0 Å². The molecule has 0 saturated carbocycles. The van der Waals surface area contributed by atoms with Crippen molar-refractivity contribution < 1.29 is 9.84 Å². The maximum Gasteiger partial charge on any atom is 0.123 e. The zero-order valence-corrected chi connectivity index (χ0v) is 12.5. The maximum absolute atomic E-state index is 9.25. The van der Waals surface area contributed by atoms with Crippen LogP contribution in [0.2, 0.25) is 0 Å². The van der Waals surface area contributed by atoms with Crippen LogP contribution < -0.4 is 10.1 Å². The van der Waals surface area contributed by atoms with Gasteiger partial charge < -0.3 is 15.2 Å². The van der Waals surface area contributed by atoms with Gasteiger partial charge in [0.05, 0.1) is 7.11 Å². The molecule has 0 aliphatic rings. The number of hydrogen-bond donors (Lipinski definition) is 2. The number of rotatable bonds is 8. The van der Waals surface area contributed by atoms with Gasteiger partial charge in [0, 0.05) is 25.3 Å². The number of ether oxygens (including phenoxy) is 1. The van der Waals surface area contributed by atoms with Gasteiger partial charge in [0.25, 0.3) is 0 Å². The van der Waals surface area contributed by atoms with E-state index in [4.69, 9.17) is 4.74 Å². The fourth-order valence-electron chi connectivity index (χ4n) is 2.50. The predicted molar refractivity (Wildman–Crippen MR) is 85.6 cm³/mol. The third-order valence-electron chi connectivity index (χ3n) is 3.65. The summed E-state index contributed by atoms with van der Waals surface area (Å²) in [6.07, 6.45) is 0.767. The minimum Gasteiger partial charge on any atom is -0.496 e. The molecule has 0 radical (unpaired) electrons. The molecule has 0 aliphatic heterocycles. The molecule has 3 nitrogen and oxygen atoms in total. The summed E-state index contributed by atoms with van der Waals surface area (Å²) in [5.41, 5.74) is 2.41. The van der Waals surface area contributed by atoms with Crippen molar-refractivity contribution in [3.63, 3.8) is 0 Å². The predicted octanol–water partition coefficient (Wildman–Crippen LogP) is 2.95. The van der Waals surface area contributed by atoms with Gasteiger partial charge in [-0.15, -0.1) is 0 Å². The molecule has 2 aromatic carbocycles. The van der Waals surface area contributed by atoms with E-state index in [2.05, 4.69) is 23.5 Å². The van der Waals surface area contributed by atoms with Crippen LogP contribution >= 0.6 is 0 Å². The Bertz CT molecular complexity index is 528. The van der Waals surface area contributed by atoms with Crippen molar-refractivity contribution in [2.45, 2.75) is 18.9 Å². The molecule has 1 atom stereocenters. The molecule has 0 fully saturated rings. The van der Waals surface area contributed by atoms with E-state index in [1.165, 1.54) is 5.56 Å². The molecule has 0 amide bonds. The van der Waals surface area contributed by atoms with E-state index in [-0.39, 0.29) is 6.61 Å². The van der Waals surface area contributed by atoms with Gasteiger partial charge in [-0.05, 0) is 24.0 Å². The van der Waals surface area contributed by atoms with Crippen LogP contribution in [0.3, 0.4) is 0 Å². The van der Waals surface area contributed by atoms with Gasteiger partial charge in [-0.1, -0.05) is 48.5 Å². The van der Waals surface area contributed by atoms with Gasteiger partial charge in [0.2, 0.25) is 0 Å². The Labute approximate surface area is 126 Å². The summed E-state index contributed by atoms with van der Waals surface area (Å²) in [4.78, 5) is 0. The SMILES string of the molecule is COc1ccccc1CNCC(CCO)c1ccccc1. The first kappa shape index (κ1) is 15.5. The number of nitrogens with one attached hydrogen (secondary N) is 1. The van der Waals surface area contributed by atoms with E-state index in [1.807, 2.05) is 36.4 Å². The van der Waals surface area contributed by atoms with E-state index in [0.29, 0.717) is 5.92 Å². The number of methoxy groups -OCH3 is 1. The molecular formula is C18H23NO2. The Morgan fingerprint density at radius 2 is 1.76 bits per heavy atom. The zero-order chi connectivity index (χ0) is 14.9. The molecule has 0 aliphatic carbocycles. The summed E-state index contributed by atoms with van der Waals surface area (Å²) < 4.78 is 5.35. The smallest absolute Gasteiger partial charge is 0.123 e. The largest absolute Gasteiger partial charge is 0.496 e. The Morgan fingerprint density at radius 3 is 2.48 bits per heavy atom. The van der Waals surface area contributed by atoms with Gasteiger partial charge in [0.1, 0.15) is 5.75 Å². The molecule has 0 saturated heterocycles. The van der Waals surface area contributed by atoms with Crippen molar-refractivity contribution in [2.24, 2.45) is 0 Å². The van der Waals surface area contributed by atoms with Crippen LogP contribution in [0.1, 0.15) is 23.5 Å². The fourth-order valence-corrected chi connectivity index (χ4v) is 2.50. The molecular weight excluding hydrogens is 262 g/mol. The first-order chi connectivity index (χ1) is 10.3. The van der Waals surface area contributed by atoms with Crippen LogP contribution in [0.5, 0.6) is 5.75 Å². The molecule has 3 heteroatoms. The second-order valence-corrected chi connectivity index (χ2v) is 5.06. The molecule has 0 heterocycles. The Hall–Kier alpha value is -1.84. The lowest BCUT2D eigenvalue weighted by Crippen LogP contribution is -2.22. The second kappa shape index (κ2) is 8.45. The Balaban J connectivity index is 1.93. The number of hydrogen-bond acceptors (Lipinski definition) is 3. The van der Waals surface area contributed by atoms with Gasteiger partial charge in [-0.2, -0.15) is 0 Å². The van der Waals surface area contributed by atoms with Gasteiger partial charge in [-0.25, -0.2) is 0 Å². The van der Waals surface area contributed by atoms with Crippen LogP contribution in [0.25, 0.3) is 0 Å². The average Bonchev–Trinajstić information content (AvgIpc) is 2.55. The molecule has 2 rings (SSSR count). The summed E-state index contributed by atoms with van der Waals surface area (Å²) in [5.74, 6) is 1.23. The van der Waals surface area contributed by atoms with Crippen LogP contribution in [-0.4, -0.2) is 25.4 Å². The van der Waals surface area contributed by atoms with Crippen LogP contribution in [0.15, 0.2) is 54.6 Å². The molecule has 2 aromatic rings. The summed E-state index contributed by atoms with van der Waals surface area (Å²) >= 11 is 0. The van der Waals surface area contributed by atoms with Crippen molar-refractivity contribution in [1.29, 1.82) is 0 Å². The highest BCUT2D eigenvalue weighted by molar-refractivity contribution is 5.33. The molecule has 2 N–H and O–H groups in total. The van der Waals surface area contributed by atoms with E-state index >= 15 is 0 Å². The lowest BCUT2D eigenvalue weighted by molar-refractivity contribution is 0.273. The Morgan fingerprint density at radius 1 is 1.05 bits per heavy atom. The summed E-state index contributed by atoms with van der Waals surface area (Å²) in [7, 11) is 1.69. The standard InChI is InChI=1S/C18H23NO2/c1-21-18-10-6-5-9-17(18)14-19-13-16(11-12-20)15-7-3-2-4-8-15/h2-10,16,19-20H,11-14H2,1H3. The third kappa shape index (κ3) is 4.59. The van der Waals surface area contributed by atoms with Gasteiger partial charge in [0.15, 0.2) is 0 Å².